The van der Waals surface area contributed by atoms with E-state index < -0.39 is 6.10 Å². The third-order valence-electron chi connectivity index (χ3n) is 3.51. The van der Waals surface area contributed by atoms with Crippen molar-refractivity contribution < 1.29 is 9.84 Å². The van der Waals surface area contributed by atoms with E-state index in [-0.39, 0.29) is 0 Å². The van der Waals surface area contributed by atoms with Crippen molar-refractivity contribution in [1.29, 1.82) is 0 Å². The second kappa shape index (κ2) is 6.09. The smallest absolute Gasteiger partial charge is 0.125 e. The Labute approximate surface area is 120 Å². The molecule has 1 aromatic heterocycles. The molecule has 0 amide bonds. The quantitative estimate of drug-likeness (QED) is 0.912. The van der Waals surface area contributed by atoms with Gasteiger partial charge in [0.25, 0.3) is 0 Å². The van der Waals surface area contributed by atoms with Crippen molar-refractivity contribution >= 4 is 0 Å². The zero-order chi connectivity index (χ0) is 14.7. The molecule has 0 aliphatic rings. The van der Waals surface area contributed by atoms with Gasteiger partial charge in [-0.15, -0.1) is 0 Å². The largest absolute Gasteiger partial charge is 0.493 e. The van der Waals surface area contributed by atoms with Crippen LogP contribution in [0.1, 0.15) is 42.0 Å². The normalized spacial score (nSPS) is 12.4. The van der Waals surface area contributed by atoms with E-state index in [9.17, 15) is 5.11 Å². The number of hydrogen-bond donors (Lipinski definition) is 1. The summed E-state index contributed by atoms with van der Waals surface area (Å²) in [5.41, 5.74) is 3.48. The second-order valence-corrected chi connectivity index (χ2v) is 5.00. The maximum atomic E-state index is 10.7. The summed E-state index contributed by atoms with van der Waals surface area (Å²) in [6.45, 7) is 6.60. The molecule has 2 aromatic rings. The molecule has 0 fully saturated rings. The van der Waals surface area contributed by atoms with E-state index in [4.69, 9.17) is 4.74 Å². The number of aryl methyl sites for hydroxylation is 2. The van der Waals surface area contributed by atoms with Gasteiger partial charge in [-0.1, -0.05) is 25.1 Å². The van der Waals surface area contributed by atoms with Crippen molar-refractivity contribution in [2.75, 3.05) is 6.61 Å². The number of aliphatic hydroxyl groups is 1. The molecule has 0 saturated heterocycles. The summed E-state index contributed by atoms with van der Waals surface area (Å²) < 4.78 is 7.52. The number of ether oxygens (including phenoxy) is 1. The minimum Gasteiger partial charge on any atom is -0.493 e. The van der Waals surface area contributed by atoms with E-state index in [0.29, 0.717) is 6.61 Å². The lowest BCUT2D eigenvalue weighted by Gasteiger charge is -2.16. The first-order valence-corrected chi connectivity index (χ1v) is 6.96. The van der Waals surface area contributed by atoms with Gasteiger partial charge in [-0.05, 0) is 26.3 Å². The first kappa shape index (κ1) is 14.6. The molecule has 4 nitrogen and oxygen atoms in total. The monoisotopic (exact) mass is 274 g/mol. The molecule has 1 aromatic carbocycles. The van der Waals surface area contributed by atoms with E-state index in [1.807, 2.05) is 45.2 Å². The van der Waals surface area contributed by atoms with Gasteiger partial charge >= 0.3 is 0 Å². The second-order valence-electron chi connectivity index (χ2n) is 5.00. The van der Waals surface area contributed by atoms with Gasteiger partial charge < -0.3 is 9.84 Å². The van der Waals surface area contributed by atoms with Crippen molar-refractivity contribution in [3.8, 4) is 5.75 Å². The maximum Gasteiger partial charge on any atom is 0.125 e. The molecular weight excluding hydrogens is 252 g/mol. The molecule has 4 heteroatoms. The highest BCUT2D eigenvalue weighted by atomic mass is 16.5. The molecule has 1 N–H and O–H groups in total. The average Bonchev–Trinajstić information content (AvgIpc) is 2.69. The Balaban J connectivity index is 2.40. The third kappa shape index (κ3) is 2.70. The molecule has 0 spiro atoms. The van der Waals surface area contributed by atoms with Crippen LogP contribution in [0.5, 0.6) is 5.75 Å². The Morgan fingerprint density at radius 1 is 1.30 bits per heavy atom. The topological polar surface area (TPSA) is 47.3 Å². The van der Waals surface area contributed by atoms with E-state index in [0.717, 1.165) is 34.7 Å². The summed E-state index contributed by atoms with van der Waals surface area (Å²) in [5, 5.41) is 15.1. The van der Waals surface area contributed by atoms with Crippen LogP contribution in [0.25, 0.3) is 0 Å². The molecule has 20 heavy (non-hydrogen) atoms. The lowest BCUT2D eigenvalue weighted by atomic mass is 9.99. The highest BCUT2D eigenvalue weighted by Crippen LogP contribution is 2.33. The van der Waals surface area contributed by atoms with Gasteiger partial charge in [0.15, 0.2) is 0 Å². The molecule has 108 valence electrons. The summed E-state index contributed by atoms with van der Waals surface area (Å²) in [6, 6.07) is 7.64. The van der Waals surface area contributed by atoms with Crippen LogP contribution in [-0.2, 0) is 7.05 Å². The fraction of sp³-hybridized carbons (Fsp3) is 0.438. The lowest BCUT2D eigenvalue weighted by Crippen LogP contribution is -2.06. The summed E-state index contributed by atoms with van der Waals surface area (Å²) in [4.78, 5) is 0. The van der Waals surface area contributed by atoms with Crippen molar-refractivity contribution in [2.45, 2.75) is 33.3 Å². The average molecular weight is 274 g/mol. The van der Waals surface area contributed by atoms with Gasteiger partial charge in [-0.3, -0.25) is 4.68 Å². The number of para-hydroxylation sites is 1. The first-order chi connectivity index (χ1) is 9.56. The van der Waals surface area contributed by atoms with Crippen LogP contribution in [0.2, 0.25) is 0 Å². The fourth-order valence-corrected chi connectivity index (χ4v) is 2.39. The summed E-state index contributed by atoms with van der Waals surface area (Å²) in [6.07, 6.45) is 0.229. The van der Waals surface area contributed by atoms with Crippen LogP contribution in [-0.4, -0.2) is 21.5 Å². The highest BCUT2D eigenvalue weighted by Gasteiger charge is 2.22. The zero-order valence-electron chi connectivity index (χ0n) is 12.6. The number of aliphatic hydroxyl groups excluding tert-OH is 1. The van der Waals surface area contributed by atoms with Crippen LogP contribution in [0.4, 0.5) is 0 Å². The zero-order valence-corrected chi connectivity index (χ0v) is 12.6. The number of rotatable bonds is 5. The molecule has 1 unspecified atom stereocenters. The molecule has 1 heterocycles. The van der Waals surface area contributed by atoms with E-state index >= 15 is 0 Å². The predicted molar refractivity (Wildman–Crippen MR) is 79.0 cm³/mol. The van der Waals surface area contributed by atoms with Crippen LogP contribution in [0, 0.1) is 13.8 Å². The maximum absolute atomic E-state index is 10.7. The van der Waals surface area contributed by atoms with Crippen molar-refractivity contribution in [1.82, 2.24) is 9.78 Å². The minimum atomic E-state index is -0.711. The Morgan fingerprint density at radius 3 is 2.60 bits per heavy atom. The van der Waals surface area contributed by atoms with Crippen molar-refractivity contribution in [3.63, 3.8) is 0 Å². The fourth-order valence-electron chi connectivity index (χ4n) is 2.39. The van der Waals surface area contributed by atoms with Gasteiger partial charge in [0.2, 0.25) is 0 Å². The molecule has 0 bridgehead atoms. The van der Waals surface area contributed by atoms with Gasteiger partial charge in [0.1, 0.15) is 11.9 Å². The standard InChI is InChI=1S/C16H22N2O2/c1-5-10-20-14-9-7-6-8-13(14)16(19)15-11(2)17-18(4)12(15)3/h6-9,16,19H,5,10H2,1-4H3. The van der Waals surface area contributed by atoms with Crippen LogP contribution in [0.15, 0.2) is 24.3 Å². The Hall–Kier alpha value is -1.81. The SMILES string of the molecule is CCCOc1ccccc1C(O)c1c(C)nn(C)c1C. The third-order valence-corrected chi connectivity index (χ3v) is 3.51. The van der Waals surface area contributed by atoms with Crippen LogP contribution in [0.3, 0.4) is 0 Å². The summed E-state index contributed by atoms with van der Waals surface area (Å²) >= 11 is 0. The first-order valence-electron chi connectivity index (χ1n) is 6.96. The number of hydrogen-bond acceptors (Lipinski definition) is 3. The van der Waals surface area contributed by atoms with Gasteiger partial charge in [-0.25, -0.2) is 0 Å². The molecule has 2 rings (SSSR count). The van der Waals surface area contributed by atoms with Crippen molar-refractivity contribution in [2.24, 2.45) is 7.05 Å². The molecular formula is C16H22N2O2. The minimum absolute atomic E-state index is 0.648. The van der Waals surface area contributed by atoms with E-state index in [1.165, 1.54) is 0 Å². The molecule has 0 aliphatic carbocycles. The lowest BCUT2D eigenvalue weighted by molar-refractivity contribution is 0.209. The van der Waals surface area contributed by atoms with Crippen LogP contribution >= 0.6 is 0 Å². The molecule has 0 saturated carbocycles. The van der Waals surface area contributed by atoms with E-state index in [2.05, 4.69) is 12.0 Å². The number of nitrogens with zero attached hydrogens (tertiary/aromatic N) is 2. The number of aromatic nitrogens is 2. The predicted octanol–water partition coefficient (Wildman–Crippen LogP) is 2.91. The Kier molecular flexibility index (Phi) is 4.45. The highest BCUT2D eigenvalue weighted by molar-refractivity contribution is 5.42. The summed E-state index contributed by atoms with van der Waals surface area (Å²) in [7, 11) is 1.89. The molecule has 0 aliphatic heterocycles. The number of benzene rings is 1. The van der Waals surface area contributed by atoms with Gasteiger partial charge in [0.05, 0.1) is 12.3 Å². The van der Waals surface area contributed by atoms with Gasteiger partial charge in [0, 0.05) is 23.9 Å². The summed E-state index contributed by atoms with van der Waals surface area (Å²) in [5.74, 6) is 0.740. The van der Waals surface area contributed by atoms with Crippen LogP contribution < -0.4 is 4.74 Å². The Morgan fingerprint density at radius 2 is 2.00 bits per heavy atom. The van der Waals surface area contributed by atoms with Gasteiger partial charge in [-0.2, -0.15) is 5.10 Å². The van der Waals surface area contributed by atoms with Crippen molar-refractivity contribution in [3.05, 3.63) is 46.8 Å². The molecule has 1 atom stereocenters. The Bertz CT molecular complexity index is 590. The van der Waals surface area contributed by atoms with E-state index in [1.54, 1.807) is 4.68 Å². The molecule has 0 radical (unpaired) electrons.